The quantitative estimate of drug-likeness (QED) is 0.789. The normalized spacial score (nSPS) is 25.8. The fourth-order valence-electron chi connectivity index (χ4n) is 1.51. The zero-order valence-electron chi connectivity index (χ0n) is 7.46. The molecule has 0 heterocycles. The fraction of sp³-hybridized carbons (Fsp3) is 0.400. The maximum atomic E-state index is 5.98. The highest BCUT2D eigenvalue weighted by Crippen LogP contribution is 2.41. The number of nitrogens with two attached hydrogens (primary N) is 1. The summed E-state index contributed by atoms with van der Waals surface area (Å²) >= 11 is 5.98. The molecule has 1 saturated carbocycles. The van der Waals surface area contributed by atoms with Crippen molar-refractivity contribution in [1.82, 2.24) is 0 Å². The molecule has 0 bridgehead atoms. The maximum absolute atomic E-state index is 5.98. The summed E-state index contributed by atoms with van der Waals surface area (Å²) in [4.78, 5) is 0. The largest absolute Gasteiger partial charge is 0.495 e. The first kappa shape index (κ1) is 8.85. The fourth-order valence-corrected chi connectivity index (χ4v) is 1.78. The van der Waals surface area contributed by atoms with Gasteiger partial charge in [-0.2, -0.15) is 0 Å². The van der Waals surface area contributed by atoms with E-state index in [1.54, 1.807) is 7.11 Å². The molecule has 13 heavy (non-hydrogen) atoms. The summed E-state index contributed by atoms with van der Waals surface area (Å²) < 4.78 is 5.06. The minimum atomic E-state index is 0.324. The van der Waals surface area contributed by atoms with E-state index in [4.69, 9.17) is 22.1 Å². The van der Waals surface area contributed by atoms with Crippen molar-refractivity contribution in [2.75, 3.05) is 7.11 Å². The molecule has 1 aliphatic carbocycles. The second-order valence-corrected chi connectivity index (χ2v) is 3.81. The van der Waals surface area contributed by atoms with Crippen LogP contribution in [0.3, 0.4) is 0 Å². The molecule has 1 fully saturated rings. The molecular weight excluding hydrogens is 186 g/mol. The van der Waals surface area contributed by atoms with Gasteiger partial charge in [0.05, 0.1) is 12.1 Å². The summed E-state index contributed by atoms with van der Waals surface area (Å²) in [5, 5.41) is 0.666. The summed E-state index contributed by atoms with van der Waals surface area (Å²) in [5.41, 5.74) is 6.97. The van der Waals surface area contributed by atoms with Gasteiger partial charge in [0.2, 0.25) is 0 Å². The monoisotopic (exact) mass is 197 g/mol. The Morgan fingerprint density at radius 1 is 1.54 bits per heavy atom. The Bertz CT molecular complexity index is 327. The van der Waals surface area contributed by atoms with E-state index >= 15 is 0 Å². The molecule has 2 rings (SSSR count). The number of hydrogen-bond donors (Lipinski definition) is 1. The van der Waals surface area contributed by atoms with Crippen molar-refractivity contribution >= 4 is 11.6 Å². The first-order valence-electron chi connectivity index (χ1n) is 4.31. The van der Waals surface area contributed by atoms with Crippen LogP contribution in [0.15, 0.2) is 18.2 Å². The SMILES string of the molecule is COc1ccc(C2C[C@H]2N)cc1Cl. The van der Waals surface area contributed by atoms with Gasteiger partial charge in [0, 0.05) is 12.0 Å². The molecule has 70 valence electrons. The second kappa shape index (κ2) is 3.20. The van der Waals surface area contributed by atoms with Gasteiger partial charge in [0.15, 0.2) is 0 Å². The highest BCUT2D eigenvalue weighted by atomic mass is 35.5. The van der Waals surface area contributed by atoms with E-state index in [1.807, 2.05) is 18.2 Å². The number of hydrogen-bond acceptors (Lipinski definition) is 2. The van der Waals surface area contributed by atoms with Gasteiger partial charge in [-0.25, -0.2) is 0 Å². The van der Waals surface area contributed by atoms with Crippen LogP contribution in [-0.4, -0.2) is 13.2 Å². The van der Waals surface area contributed by atoms with Crippen LogP contribution in [0.1, 0.15) is 17.9 Å². The minimum absolute atomic E-state index is 0.324. The summed E-state index contributed by atoms with van der Waals surface area (Å²) in [7, 11) is 1.61. The topological polar surface area (TPSA) is 35.2 Å². The van der Waals surface area contributed by atoms with Gasteiger partial charge in [-0.1, -0.05) is 17.7 Å². The van der Waals surface area contributed by atoms with E-state index in [0.717, 1.165) is 12.2 Å². The van der Waals surface area contributed by atoms with Crippen LogP contribution in [0.4, 0.5) is 0 Å². The molecule has 0 spiro atoms. The molecule has 2 N–H and O–H groups in total. The molecule has 2 atom stereocenters. The van der Waals surface area contributed by atoms with Crippen LogP contribution < -0.4 is 10.5 Å². The number of benzene rings is 1. The van der Waals surface area contributed by atoms with Gasteiger partial charge in [0.25, 0.3) is 0 Å². The molecule has 1 aliphatic rings. The third kappa shape index (κ3) is 1.64. The van der Waals surface area contributed by atoms with Crippen molar-refractivity contribution in [2.24, 2.45) is 5.73 Å². The van der Waals surface area contributed by atoms with E-state index in [1.165, 1.54) is 5.56 Å². The Morgan fingerprint density at radius 3 is 2.69 bits per heavy atom. The van der Waals surface area contributed by atoms with Crippen LogP contribution in [0, 0.1) is 0 Å². The molecule has 3 heteroatoms. The zero-order chi connectivity index (χ0) is 9.42. The van der Waals surface area contributed by atoms with Crippen molar-refractivity contribution < 1.29 is 4.74 Å². The number of methoxy groups -OCH3 is 1. The van der Waals surface area contributed by atoms with Crippen LogP contribution in [0.2, 0.25) is 5.02 Å². The van der Waals surface area contributed by atoms with Crippen molar-refractivity contribution in [3.63, 3.8) is 0 Å². The van der Waals surface area contributed by atoms with Crippen LogP contribution in [-0.2, 0) is 0 Å². The average Bonchev–Trinajstić information content (AvgIpc) is 2.82. The third-order valence-electron chi connectivity index (χ3n) is 2.44. The molecule has 0 aliphatic heterocycles. The molecule has 0 radical (unpaired) electrons. The third-order valence-corrected chi connectivity index (χ3v) is 2.74. The number of ether oxygens (including phenoxy) is 1. The number of rotatable bonds is 2. The maximum Gasteiger partial charge on any atom is 0.137 e. The van der Waals surface area contributed by atoms with Crippen LogP contribution in [0.25, 0.3) is 0 Å². The molecule has 1 aromatic rings. The lowest BCUT2D eigenvalue weighted by atomic mass is 10.1. The van der Waals surface area contributed by atoms with Crippen molar-refractivity contribution in [2.45, 2.75) is 18.4 Å². The average molecular weight is 198 g/mol. The van der Waals surface area contributed by atoms with Gasteiger partial charge in [0.1, 0.15) is 5.75 Å². The van der Waals surface area contributed by atoms with Crippen molar-refractivity contribution in [3.05, 3.63) is 28.8 Å². The van der Waals surface area contributed by atoms with Gasteiger partial charge in [-0.05, 0) is 24.1 Å². The highest BCUT2D eigenvalue weighted by Gasteiger charge is 2.34. The lowest BCUT2D eigenvalue weighted by Gasteiger charge is -2.04. The van der Waals surface area contributed by atoms with Gasteiger partial charge >= 0.3 is 0 Å². The minimum Gasteiger partial charge on any atom is -0.495 e. The smallest absolute Gasteiger partial charge is 0.137 e. The Kier molecular flexibility index (Phi) is 2.18. The summed E-state index contributed by atoms with van der Waals surface area (Å²) in [5.74, 6) is 1.23. The van der Waals surface area contributed by atoms with E-state index in [-0.39, 0.29) is 0 Å². The van der Waals surface area contributed by atoms with E-state index in [9.17, 15) is 0 Å². The second-order valence-electron chi connectivity index (χ2n) is 3.40. The van der Waals surface area contributed by atoms with E-state index in [0.29, 0.717) is 17.0 Å². The lowest BCUT2D eigenvalue weighted by Crippen LogP contribution is -2.00. The lowest BCUT2D eigenvalue weighted by molar-refractivity contribution is 0.415. The predicted molar refractivity (Wildman–Crippen MR) is 53.3 cm³/mol. The van der Waals surface area contributed by atoms with Crippen LogP contribution >= 0.6 is 11.6 Å². The van der Waals surface area contributed by atoms with Crippen molar-refractivity contribution in [3.8, 4) is 5.75 Å². The first-order valence-corrected chi connectivity index (χ1v) is 4.69. The predicted octanol–water partition coefficient (Wildman–Crippen LogP) is 2.16. The Morgan fingerprint density at radius 2 is 2.23 bits per heavy atom. The number of halogens is 1. The summed E-state index contributed by atoms with van der Waals surface area (Å²) in [6.45, 7) is 0. The molecule has 0 aromatic heterocycles. The summed E-state index contributed by atoms with van der Waals surface area (Å²) in [6.07, 6.45) is 1.07. The molecular formula is C10H12ClNO. The Hall–Kier alpha value is -0.730. The molecule has 0 amide bonds. The van der Waals surface area contributed by atoms with Crippen LogP contribution in [0.5, 0.6) is 5.75 Å². The summed E-state index contributed by atoms with van der Waals surface area (Å²) in [6, 6.07) is 6.19. The zero-order valence-corrected chi connectivity index (χ0v) is 8.21. The molecule has 1 unspecified atom stereocenters. The molecule has 1 aromatic carbocycles. The Labute approximate surface area is 82.6 Å². The van der Waals surface area contributed by atoms with Gasteiger partial charge in [-0.3, -0.25) is 0 Å². The standard InChI is InChI=1S/C10H12ClNO/c1-13-10-3-2-6(4-8(10)11)7-5-9(7)12/h2-4,7,9H,5,12H2,1H3/t7?,9-/m1/s1. The van der Waals surface area contributed by atoms with Gasteiger partial charge in [-0.15, -0.1) is 0 Å². The molecule has 0 saturated heterocycles. The Balaban J connectivity index is 2.25. The molecule has 2 nitrogen and oxygen atoms in total. The van der Waals surface area contributed by atoms with E-state index in [2.05, 4.69) is 0 Å². The first-order chi connectivity index (χ1) is 6.22. The van der Waals surface area contributed by atoms with Gasteiger partial charge < -0.3 is 10.5 Å². The van der Waals surface area contributed by atoms with Crippen molar-refractivity contribution in [1.29, 1.82) is 0 Å². The van der Waals surface area contributed by atoms with E-state index < -0.39 is 0 Å². The highest BCUT2D eigenvalue weighted by molar-refractivity contribution is 6.32.